The smallest absolute Gasteiger partial charge is 0.341 e. The van der Waals surface area contributed by atoms with Gasteiger partial charge in [0.05, 0.1) is 30.8 Å². The fourth-order valence-corrected chi connectivity index (χ4v) is 3.40. The number of methoxy groups -OCH3 is 1. The van der Waals surface area contributed by atoms with Gasteiger partial charge >= 0.3 is 5.97 Å². The Kier molecular flexibility index (Phi) is 5.44. The Morgan fingerprint density at radius 1 is 1.23 bits per heavy atom. The molecule has 0 atom stereocenters. The number of carbonyl (C=O) groups excluding carboxylic acids is 2. The molecule has 31 heavy (non-hydrogen) atoms. The minimum absolute atomic E-state index is 0.140. The molecule has 2 N–H and O–H groups in total. The molecule has 1 aliphatic rings. The third kappa shape index (κ3) is 4.28. The van der Waals surface area contributed by atoms with E-state index in [0.717, 1.165) is 21.9 Å². The molecule has 0 bridgehead atoms. The molecule has 156 valence electrons. The SMILES string of the molecule is COC(=O)c1cnn(CC2=CC=c3c(-c4ccc(F)cc4)cc(C(N)=O)nc3=CC2)c1. The van der Waals surface area contributed by atoms with Gasteiger partial charge in [0.15, 0.2) is 0 Å². The highest BCUT2D eigenvalue weighted by Crippen LogP contribution is 2.17. The molecule has 0 saturated heterocycles. The van der Waals surface area contributed by atoms with Gasteiger partial charge in [-0.3, -0.25) is 9.48 Å². The van der Waals surface area contributed by atoms with Crippen LogP contribution in [0.15, 0.2) is 54.4 Å². The number of ether oxygens (including phenoxy) is 1. The van der Waals surface area contributed by atoms with E-state index in [1.807, 2.05) is 18.2 Å². The van der Waals surface area contributed by atoms with Crippen molar-refractivity contribution in [3.05, 3.63) is 82.0 Å². The molecule has 0 radical (unpaired) electrons. The van der Waals surface area contributed by atoms with Gasteiger partial charge in [-0.2, -0.15) is 5.10 Å². The van der Waals surface area contributed by atoms with Crippen LogP contribution in [0.5, 0.6) is 0 Å². The van der Waals surface area contributed by atoms with Crippen LogP contribution in [-0.4, -0.2) is 33.8 Å². The fraction of sp³-hybridized carbons (Fsp3) is 0.130. The largest absolute Gasteiger partial charge is 0.465 e. The number of nitrogens with two attached hydrogens (primary N) is 1. The number of hydrogen-bond donors (Lipinski definition) is 1. The van der Waals surface area contributed by atoms with Gasteiger partial charge in [-0.05, 0) is 41.3 Å². The Morgan fingerprint density at radius 3 is 2.71 bits per heavy atom. The van der Waals surface area contributed by atoms with Crippen molar-refractivity contribution in [3.8, 4) is 11.1 Å². The first-order valence-corrected chi connectivity index (χ1v) is 9.52. The van der Waals surface area contributed by atoms with E-state index in [1.165, 1.54) is 25.4 Å². The van der Waals surface area contributed by atoms with Gasteiger partial charge in [0.2, 0.25) is 0 Å². The summed E-state index contributed by atoms with van der Waals surface area (Å²) in [6, 6.07) is 7.65. The number of amides is 1. The Morgan fingerprint density at radius 2 is 2.00 bits per heavy atom. The fourth-order valence-electron chi connectivity index (χ4n) is 3.40. The highest BCUT2D eigenvalue weighted by molar-refractivity contribution is 5.92. The monoisotopic (exact) mass is 418 g/mol. The van der Waals surface area contributed by atoms with Crippen LogP contribution >= 0.6 is 0 Å². The van der Waals surface area contributed by atoms with Crippen molar-refractivity contribution in [3.63, 3.8) is 0 Å². The quantitative estimate of drug-likeness (QED) is 0.634. The Labute approximate surface area is 177 Å². The van der Waals surface area contributed by atoms with Gasteiger partial charge in [-0.1, -0.05) is 30.4 Å². The zero-order valence-electron chi connectivity index (χ0n) is 16.7. The van der Waals surface area contributed by atoms with Crippen LogP contribution in [-0.2, 0) is 11.3 Å². The van der Waals surface area contributed by atoms with Crippen molar-refractivity contribution >= 4 is 24.0 Å². The van der Waals surface area contributed by atoms with Gasteiger partial charge in [-0.15, -0.1) is 0 Å². The standard InChI is InChI=1S/C23H19FN4O3/c1-31-23(30)16-11-26-28(13-16)12-14-2-8-18-19(15-4-6-17(24)7-5-15)10-21(22(25)29)27-20(18)9-3-14/h2,4-11,13H,3,12H2,1H3,(H2,25,29). The van der Waals surface area contributed by atoms with E-state index < -0.39 is 11.9 Å². The van der Waals surface area contributed by atoms with Gasteiger partial charge in [-0.25, -0.2) is 14.2 Å². The summed E-state index contributed by atoms with van der Waals surface area (Å²) in [4.78, 5) is 27.8. The summed E-state index contributed by atoms with van der Waals surface area (Å²) >= 11 is 0. The number of esters is 1. The van der Waals surface area contributed by atoms with Crippen LogP contribution in [0.2, 0.25) is 0 Å². The van der Waals surface area contributed by atoms with E-state index in [0.29, 0.717) is 23.9 Å². The van der Waals surface area contributed by atoms with E-state index >= 15 is 0 Å². The molecule has 2 aromatic heterocycles. The second-order valence-corrected chi connectivity index (χ2v) is 7.04. The second kappa shape index (κ2) is 8.35. The van der Waals surface area contributed by atoms with E-state index in [4.69, 9.17) is 10.5 Å². The first-order chi connectivity index (χ1) is 14.9. The lowest BCUT2D eigenvalue weighted by Gasteiger charge is -2.06. The van der Waals surface area contributed by atoms with E-state index in [2.05, 4.69) is 10.1 Å². The number of hydrogen-bond acceptors (Lipinski definition) is 5. The third-order valence-corrected chi connectivity index (χ3v) is 4.96. The highest BCUT2D eigenvalue weighted by atomic mass is 19.1. The summed E-state index contributed by atoms with van der Waals surface area (Å²) < 4.78 is 19.8. The van der Waals surface area contributed by atoms with Crippen LogP contribution in [0.1, 0.15) is 27.3 Å². The van der Waals surface area contributed by atoms with Crippen LogP contribution in [0.3, 0.4) is 0 Å². The normalized spacial score (nSPS) is 12.6. The number of rotatable bonds is 5. The summed E-state index contributed by atoms with van der Waals surface area (Å²) in [6.07, 6.45) is 9.43. The van der Waals surface area contributed by atoms with Crippen molar-refractivity contribution in [1.82, 2.24) is 14.8 Å². The van der Waals surface area contributed by atoms with Crippen LogP contribution in [0.25, 0.3) is 23.3 Å². The molecule has 3 aromatic rings. The average molecular weight is 418 g/mol. The molecule has 8 heteroatoms. The summed E-state index contributed by atoms with van der Waals surface area (Å²) in [5.74, 6) is -1.43. The van der Waals surface area contributed by atoms with E-state index in [9.17, 15) is 14.0 Å². The second-order valence-electron chi connectivity index (χ2n) is 7.04. The summed E-state index contributed by atoms with van der Waals surface area (Å²) in [7, 11) is 1.32. The van der Waals surface area contributed by atoms with Crippen LogP contribution < -0.4 is 16.3 Å². The number of pyridine rings is 1. The number of fused-ring (bicyclic) bond motifs is 1. The topological polar surface area (TPSA) is 100 Å². The molecule has 1 aliphatic carbocycles. The van der Waals surface area contributed by atoms with Crippen molar-refractivity contribution in [2.45, 2.75) is 13.0 Å². The number of aromatic nitrogens is 3. The number of nitrogens with zero attached hydrogens (tertiary/aromatic N) is 3. The minimum atomic E-state index is -0.635. The zero-order valence-corrected chi connectivity index (χ0v) is 16.7. The average Bonchev–Trinajstić information content (AvgIpc) is 3.14. The number of primary amides is 1. The highest BCUT2D eigenvalue weighted by Gasteiger charge is 2.12. The molecule has 0 fully saturated rings. The number of allylic oxidation sites excluding steroid dienone is 2. The van der Waals surface area contributed by atoms with Crippen molar-refractivity contribution < 1.29 is 18.7 Å². The molecule has 4 rings (SSSR count). The minimum Gasteiger partial charge on any atom is -0.465 e. The number of halogens is 1. The lowest BCUT2D eigenvalue weighted by Crippen LogP contribution is -2.33. The lowest BCUT2D eigenvalue weighted by atomic mass is 10.0. The molecule has 0 aliphatic heterocycles. The molecule has 1 aromatic carbocycles. The molecule has 2 heterocycles. The van der Waals surface area contributed by atoms with Crippen molar-refractivity contribution in [2.24, 2.45) is 5.73 Å². The third-order valence-electron chi connectivity index (χ3n) is 4.96. The van der Waals surface area contributed by atoms with Crippen molar-refractivity contribution in [1.29, 1.82) is 0 Å². The molecule has 0 spiro atoms. The van der Waals surface area contributed by atoms with E-state index in [1.54, 1.807) is 29.1 Å². The predicted octanol–water partition coefficient (Wildman–Crippen LogP) is 1.56. The summed E-state index contributed by atoms with van der Waals surface area (Å²) in [6.45, 7) is 0.465. The van der Waals surface area contributed by atoms with Crippen LogP contribution in [0.4, 0.5) is 4.39 Å². The van der Waals surface area contributed by atoms with E-state index in [-0.39, 0.29) is 11.5 Å². The van der Waals surface area contributed by atoms with Gasteiger partial charge < -0.3 is 10.5 Å². The molecule has 1 amide bonds. The first kappa shape index (κ1) is 20.2. The van der Waals surface area contributed by atoms with Gasteiger partial charge in [0.1, 0.15) is 11.5 Å². The molecule has 0 saturated carbocycles. The maximum Gasteiger partial charge on any atom is 0.341 e. The zero-order chi connectivity index (χ0) is 22.0. The lowest BCUT2D eigenvalue weighted by molar-refractivity contribution is 0.0600. The maximum atomic E-state index is 13.4. The molecular formula is C23H19FN4O3. The van der Waals surface area contributed by atoms with Gasteiger partial charge in [0.25, 0.3) is 5.91 Å². The molecular weight excluding hydrogens is 399 g/mol. The molecule has 0 unspecified atom stereocenters. The first-order valence-electron chi connectivity index (χ1n) is 9.52. The van der Waals surface area contributed by atoms with Crippen LogP contribution in [0, 0.1) is 5.82 Å². The predicted molar refractivity (Wildman–Crippen MR) is 113 cm³/mol. The summed E-state index contributed by atoms with van der Waals surface area (Å²) in [5, 5.41) is 5.64. The Hall–Kier alpha value is -4.07. The van der Waals surface area contributed by atoms with Crippen molar-refractivity contribution in [2.75, 3.05) is 7.11 Å². The van der Waals surface area contributed by atoms with Gasteiger partial charge in [0, 0.05) is 11.4 Å². The Balaban J connectivity index is 1.75. The number of carbonyl (C=O) groups is 2. The Bertz CT molecular complexity index is 1320. The summed E-state index contributed by atoms with van der Waals surface area (Å²) in [5.41, 5.74) is 8.49. The molecule has 7 nitrogen and oxygen atoms in total. The number of benzene rings is 1. The maximum absolute atomic E-state index is 13.4.